The van der Waals surface area contributed by atoms with E-state index in [1.54, 1.807) is 11.3 Å². The van der Waals surface area contributed by atoms with Gasteiger partial charge in [-0.25, -0.2) is 0 Å². The minimum absolute atomic E-state index is 0.0472. The van der Waals surface area contributed by atoms with E-state index >= 15 is 0 Å². The number of nitrogens with one attached hydrogen (secondary N) is 2. The van der Waals surface area contributed by atoms with E-state index in [-0.39, 0.29) is 11.9 Å². The molecule has 2 aliphatic rings. The van der Waals surface area contributed by atoms with E-state index < -0.39 is 0 Å². The number of aromatic nitrogens is 1. The van der Waals surface area contributed by atoms with E-state index in [1.165, 1.54) is 17.8 Å². The Kier molecular flexibility index (Phi) is 4.18. The summed E-state index contributed by atoms with van der Waals surface area (Å²) in [5.74, 6) is -0.0472. The van der Waals surface area contributed by atoms with Gasteiger partial charge in [-0.1, -0.05) is 0 Å². The van der Waals surface area contributed by atoms with Crippen LogP contribution in [0.25, 0.3) is 10.1 Å². The first-order valence-electron chi connectivity index (χ1n) is 8.89. The van der Waals surface area contributed by atoms with Gasteiger partial charge in [0.1, 0.15) is 5.69 Å². The molecule has 2 N–H and O–H groups in total. The fourth-order valence-electron chi connectivity index (χ4n) is 3.96. The minimum atomic E-state index is -0.0472. The van der Waals surface area contributed by atoms with Crippen LogP contribution in [0.5, 0.6) is 0 Å². The maximum atomic E-state index is 12.6. The second-order valence-electron chi connectivity index (χ2n) is 6.73. The molecule has 4 heterocycles. The predicted molar refractivity (Wildman–Crippen MR) is 99.0 cm³/mol. The van der Waals surface area contributed by atoms with Gasteiger partial charge in [0.05, 0.1) is 5.00 Å². The van der Waals surface area contributed by atoms with Crippen molar-refractivity contribution in [2.24, 2.45) is 0 Å². The molecule has 0 spiro atoms. The second-order valence-corrected chi connectivity index (χ2v) is 7.79. The van der Waals surface area contributed by atoms with Gasteiger partial charge in [-0.05, 0) is 45.2 Å². The van der Waals surface area contributed by atoms with E-state index in [0.29, 0.717) is 17.8 Å². The number of hydrogen-bond donors (Lipinski definition) is 2. The molecule has 0 aliphatic carbocycles. The number of rotatable bonds is 5. The molecular formula is C18H24N4OS. The molecule has 2 saturated heterocycles. The van der Waals surface area contributed by atoms with Crippen molar-refractivity contribution >= 4 is 32.3 Å². The molecule has 128 valence electrons. The standard InChI is InChI=1S/C18H24N4OS/c1-3-22(4-2)17-7-11-10-19-15(9-16(11)24-17)18(23)21-14-8-12-5-6-13(14)20-12/h7,9-10,12-14,20H,3-6,8H2,1-2H3,(H,21,23)/t12-,13+,14-/m1/s1. The number of amides is 1. The fourth-order valence-corrected chi connectivity index (χ4v) is 5.16. The van der Waals surface area contributed by atoms with E-state index in [0.717, 1.165) is 29.6 Å². The van der Waals surface area contributed by atoms with Gasteiger partial charge < -0.3 is 15.5 Å². The van der Waals surface area contributed by atoms with Gasteiger partial charge in [0.15, 0.2) is 0 Å². The highest BCUT2D eigenvalue weighted by Crippen LogP contribution is 2.33. The fraction of sp³-hybridized carbons (Fsp3) is 0.556. The predicted octanol–water partition coefficient (Wildman–Crippen LogP) is 2.77. The molecular weight excluding hydrogens is 320 g/mol. The number of anilines is 1. The van der Waals surface area contributed by atoms with Crippen molar-refractivity contribution in [2.45, 2.75) is 51.2 Å². The van der Waals surface area contributed by atoms with Gasteiger partial charge in [0, 0.05) is 47.5 Å². The van der Waals surface area contributed by atoms with E-state index in [2.05, 4.69) is 40.4 Å². The highest BCUT2D eigenvalue weighted by atomic mass is 32.1. The van der Waals surface area contributed by atoms with Crippen LogP contribution in [-0.2, 0) is 0 Å². The number of thiophene rings is 1. The highest BCUT2D eigenvalue weighted by Gasteiger charge is 2.39. The number of carbonyl (C=O) groups excluding carboxylic acids is 1. The molecule has 2 aromatic rings. The van der Waals surface area contributed by atoms with E-state index in [4.69, 9.17) is 0 Å². The maximum absolute atomic E-state index is 12.6. The zero-order valence-electron chi connectivity index (χ0n) is 14.2. The van der Waals surface area contributed by atoms with Crippen molar-refractivity contribution in [1.82, 2.24) is 15.6 Å². The van der Waals surface area contributed by atoms with Crippen LogP contribution in [0.1, 0.15) is 43.6 Å². The quantitative estimate of drug-likeness (QED) is 0.876. The summed E-state index contributed by atoms with van der Waals surface area (Å²) < 4.78 is 1.13. The first-order valence-corrected chi connectivity index (χ1v) is 9.71. The molecule has 0 radical (unpaired) electrons. The Bertz CT molecular complexity index is 755. The number of hydrogen-bond acceptors (Lipinski definition) is 5. The van der Waals surface area contributed by atoms with Gasteiger partial charge in [0.25, 0.3) is 5.91 Å². The number of pyridine rings is 1. The molecule has 3 atom stereocenters. The van der Waals surface area contributed by atoms with Gasteiger partial charge in [-0.15, -0.1) is 11.3 Å². The molecule has 2 aliphatic heterocycles. The van der Waals surface area contributed by atoms with Crippen LogP contribution in [0.15, 0.2) is 18.3 Å². The summed E-state index contributed by atoms with van der Waals surface area (Å²) in [6.45, 7) is 6.30. The third-order valence-corrected chi connectivity index (χ3v) is 6.47. The molecule has 2 bridgehead atoms. The largest absolute Gasteiger partial charge is 0.364 e. The number of carbonyl (C=O) groups is 1. The Balaban J connectivity index is 1.52. The Morgan fingerprint density at radius 1 is 1.38 bits per heavy atom. The zero-order chi connectivity index (χ0) is 16.7. The van der Waals surface area contributed by atoms with Crippen LogP contribution in [0.2, 0.25) is 0 Å². The van der Waals surface area contributed by atoms with Gasteiger partial charge in [-0.2, -0.15) is 0 Å². The van der Waals surface area contributed by atoms with Crippen molar-refractivity contribution in [2.75, 3.05) is 18.0 Å². The van der Waals surface area contributed by atoms with Gasteiger partial charge >= 0.3 is 0 Å². The minimum Gasteiger partial charge on any atom is -0.364 e. The van der Waals surface area contributed by atoms with Crippen molar-refractivity contribution in [3.63, 3.8) is 0 Å². The summed E-state index contributed by atoms with van der Waals surface area (Å²) in [6, 6.07) is 5.39. The first-order chi connectivity index (χ1) is 11.7. The third-order valence-electron chi connectivity index (χ3n) is 5.31. The molecule has 5 nitrogen and oxygen atoms in total. The van der Waals surface area contributed by atoms with Crippen LogP contribution in [0.3, 0.4) is 0 Å². The van der Waals surface area contributed by atoms with Gasteiger partial charge in [0.2, 0.25) is 0 Å². The topological polar surface area (TPSA) is 57.3 Å². The van der Waals surface area contributed by atoms with Crippen LogP contribution in [0, 0.1) is 0 Å². The molecule has 0 aromatic carbocycles. The molecule has 2 aromatic heterocycles. The SMILES string of the molecule is CCN(CC)c1cc2cnc(C(=O)N[C@@H]3C[C@H]4CC[C@@H]3N4)cc2s1. The van der Waals surface area contributed by atoms with Crippen LogP contribution < -0.4 is 15.5 Å². The van der Waals surface area contributed by atoms with Crippen LogP contribution in [-0.4, -0.2) is 42.1 Å². The lowest BCUT2D eigenvalue weighted by Crippen LogP contribution is -2.43. The van der Waals surface area contributed by atoms with E-state index in [1.807, 2.05) is 12.3 Å². The summed E-state index contributed by atoms with van der Waals surface area (Å²) in [6.07, 6.45) is 5.28. The summed E-state index contributed by atoms with van der Waals surface area (Å²) in [4.78, 5) is 19.3. The lowest BCUT2D eigenvalue weighted by molar-refractivity contribution is 0.0926. The van der Waals surface area contributed by atoms with Crippen molar-refractivity contribution in [3.05, 3.63) is 24.0 Å². The summed E-state index contributed by atoms with van der Waals surface area (Å²) >= 11 is 1.73. The smallest absolute Gasteiger partial charge is 0.270 e. The Morgan fingerprint density at radius 2 is 2.21 bits per heavy atom. The summed E-state index contributed by atoms with van der Waals surface area (Å²) in [7, 11) is 0. The van der Waals surface area contributed by atoms with Crippen molar-refractivity contribution in [1.29, 1.82) is 0 Å². The Labute approximate surface area is 146 Å². The van der Waals surface area contributed by atoms with Crippen molar-refractivity contribution < 1.29 is 4.79 Å². The normalized spacial score (nSPS) is 25.3. The van der Waals surface area contributed by atoms with Crippen LogP contribution in [0.4, 0.5) is 5.00 Å². The first kappa shape index (κ1) is 15.8. The number of fused-ring (bicyclic) bond motifs is 3. The van der Waals surface area contributed by atoms with E-state index in [9.17, 15) is 4.79 Å². The molecule has 0 unspecified atom stereocenters. The average Bonchev–Trinajstić information content (AvgIpc) is 3.30. The highest BCUT2D eigenvalue weighted by molar-refractivity contribution is 7.22. The number of nitrogens with zero attached hydrogens (tertiary/aromatic N) is 2. The average molecular weight is 344 g/mol. The lowest BCUT2D eigenvalue weighted by atomic mass is 9.95. The maximum Gasteiger partial charge on any atom is 0.270 e. The Morgan fingerprint density at radius 3 is 2.88 bits per heavy atom. The monoisotopic (exact) mass is 344 g/mol. The molecule has 24 heavy (non-hydrogen) atoms. The third kappa shape index (κ3) is 2.78. The van der Waals surface area contributed by atoms with Crippen molar-refractivity contribution in [3.8, 4) is 0 Å². The lowest BCUT2D eigenvalue weighted by Gasteiger charge is -2.21. The summed E-state index contributed by atoms with van der Waals surface area (Å²) in [5, 5.41) is 9.08. The zero-order valence-corrected chi connectivity index (χ0v) is 15.0. The molecule has 2 fully saturated rings. The summed E-state index contributed by atoms with van der Waals surface area (Å²) in [5.41, 5.74) is 0.526. The van der Waals surface area contributed by atoms with Crippen LogP contribution >= 0.6 is 11.3 Å². The molecule has 4 rings (SSSR count). The second kappa shape index (κ2) is 6.33. The Hall–Kier alpha value is -1.66. The molecule has 1 amide bonds. The molecule has 0 saturated carbocycles. The van der Waals surface area contributed by atoms with Gasteiger partial charge in [-0.3, -0.25) is 9.78 Å². The molecule has 6 heteroatoms.